The Morgan fingerprint density at radius 3 is 2.59 bits per heavy atom. The van der Waals surface area contributed by atoms with E-state index in [1.807, 2.05) is 30.3 Å². The number of ether oxygens (including phenoxy) is 1. The molecule has 0 aliphatic carbocycles. The molecule has 4 nitrogen and oxygen atoms in total. The number of Topliss-reactive ketones (excluding diaryl/α,β-unsaturated/α-hetero) is 1. The van der Waals surface area contributed by atoms with Crippen LogP contribution in [0, 0.1) is 0 Å². The molecule has 3 rings (SSSR count). The molecular weight excluding hydrogens is 278 g/mol. The van der Waals surface area contributed by atoms with Crippen molar-refractivity contribution < 1.29 is 14.3 Å². The number of amides is 1. The summed E-state index contributed by atoms with van der Waals surface area (Å²) < 4.78 is 5.41. The summed E-state index contributed by atoms with van der Waals surface area (Å²) in [5.74, 6) is 0.562. The Morgan fingerprint density at radius 2 is 1.86 bits per heavy atom. The van der Waals surface area contributed by atoms with Gasteiger partial charge in [0.25, 0.3) is 0 Å². The van der Waals surface area contributed by atoms with Crippen LogP contribution in [0.4, 0.5) is 10.5 Å². The first kappa shape index (κ1) is 14.3. The van der Waals surface area contributed by atoms with E-state index in [0.717, 1.165) is 24.1 Å². The zero-order valence-corrected chi connectivity index (χ0v) is 12.4. The average Bonchev–Trinajstić information content (AvgIpc) is 2.54. The molecule has 0 saturated heterocycles. The van der Waals surface area contributed by atoms with Crippen molar-refractivity contribution in [2.24, 2.45) is 0 Å². The first-order valence-corrected chi connectivity index (χ1v) is 7.33. The summed E-state index contributed by atoms with van der Waals surface area (Å²) in [6, 6.07) is 14.5. The smallest absolute Gasteiger partial charge is 0.410 e. The van der Waals surface area contributed by atoms with E-state index in [9.17, 15) is 9.59 Å². The van der Waals surface area contributed by atoms with Crippen LogP contribution in [0.3, 0.4) is 0 Å². The molecule has 4 heteroatoms. The van der Waals surface area contributed by atoms with E-state index < -0.39 is 0 Å². The maximum absolute atomic E-state index is 12.4. The number of hydrogen-bond acceptors (Lipinski definition) is 3. The van der Waals surface area contributed by atoms with Gasteiger partial charge in [-0.15, -0.1) is 0 Å². The van der Waals surface area contributed by atoms with Gasteiger partial charge in [-0.1, -0.05) is 18.2 Å². The van der Waals surface area contributed by atoms with Gasteiger partial charge in [0.1, 0.15) is 5.75 Å². The van der Waals surface area contributed by atoms with Crippen LogP contribution in [0.1, 0.15) is 29.3 Å². The van der Waals surface area contributed by atoms with E-state index in [2.05, 4.69) is 0 Å². The van der Waals surface area contributed by atoms with Crippen LogP contribution in [0.2, 0.25) is 0 Å². The Kier molecular flexibility index (Phi) is 3.92. The number of benzene rings is 2. The fourth-order valence-corrected chi connectivity index (χ4v) is 2.65. The molecule has 112 valence electrons. The number of carbonyl (C=O) groups excluding carboxylic acids is 2. The lowest BCUT2D eigenvalue weighted by Gasteiger charge is -2.28. The summed E-state index contributed by atoms with van der Waals surface area (Å²) in [4.78, 5) is 25.5. The predicted molar refractivity (Wildman–Crippen MR) is 84.6 cm³/mol. The van der Waals surface area contributed by atoms with Crippen molar-refractivity contribution >= 4 is 17.6 Å². The Labute approximate surface area is 129 Å². The molecule has 0 spiro atoms. The first-order valence-electron chi connectivity index (χ1n) is 7.33. The van der Waals surface area contributed by atoms with Crippen LogP contribution >= 0.6 is 0 Å². The second-order valence-corrected chi connectivity index (χ2v) is 5.34. The number of aryl methyl sites for hydroxylation is 1. The number of para-hydroxylation sites is 1. The number of nitrogens with zero attached hydrogens (tertiary/aromatic N) is 1. The van der Waals surface area contributed by atoms with Gasteiger partial charge in [0, 0.05) is 12.1 Å². The fourth-order valence-electron chi connectivity index (χ4n) is 2.65. The van der Waals surface area contributed by atoms with Gasteiger partial charge in [-0.2, -0.15) is 0 Å². The van der Waals surface area contributed by atoms with Gasteiger partial charge in [0.05, 0.1) is 5.69 Å². The summed E-state index contributed by atoms with van der Waals surface area (Å²) in [6.45, 7) is 2.17. The van der Waals surface area contributed by atoms with Gasteiger partial charge in [-0.25, -0.2) is 4.79 Å². The Bertz CT molecular complexity index is 710. The molecule has 0 aromatic heterocycles. The first-order chi connectivity index (χ1) is 10.6. The van der Waals surface area contributed by atoms with Crippen molar-refractivity contribution in [2.75, 3.05) is 11.4 Å². The van der Waals surface area contributed by atoms with Crippen LogP contribution in [0.25, 0.3) is 0 Å². The van der Waals surface area contributed by atoms with Gasteiger partial charge >= 0.3 is 6.09 Å². The second kappa shape index (κ2) is 6.02. The third-order valence-corrected chi connectivity index (χ3v) is 3.77. The van der Waals surface area contributed by atoms with Gasteiger partial charge in [-0.05, 0) is 55.7 Å². The zero-order chi connectivity index (χ0) is 15.5. The number of anilines is 1. The quantitative estimate of drug-likeness (QED) is 0.791. The summed E-state index contributed by atoms with van der Waals surface area (Å²) in [7, 11) is 0. The summed E-state index contributed by atoms with van der Waals surface area (Å²) >= 11 is 0. The lowest BCUT2D eigenvalue weighted by molar-refractivity contribution is 0.101. The minimum Gasteiger partial charge on any atom is -0.410 e. The van der Waals surface area contributed by atoms with E-state index >= 15 is 0 Å². The highest BCUT2D eigenvalue weighted by molar-refractivity contribution is 5.96. The number of ketones is 1. The number of carbonyl (C=O) groups is 2. The van der Waals surface area contributed by atoms with Crippen LogP contribution in [-0.2, 0) is 6.42 Å². The molecule has 22 heavy (non-hydrogen) atoms. The maximum atomic E-state index is 12.4. The van der Waals surface area contributed by atoms with Gasteiger partial charge in [0.15, 0.2) is 5.78 Å². The lowest BCUT2D eigenvalue weighted by Crippen LogP contribution is -2.37. The van der Waals surface area contributed by atoms with Crippen molar-refractivity contribution in [1.82, 2.24) is 0 Å². The predicted octanol–water partition coefficient (Wildman–Crippen LogP) is 3.84. The van der Waals surface area contributed by atoms with E-state index in [4.69, 9.17) is 4.74 Å². The molecule has 0 bridgehead atoms. The summed E-state index contributed by atoms with van der Waals surface area (Å²) in [5, 5.41) is 0. The molecule has 0 unspecified atom stereocenters. The van der Waals surface area contributed by atoms with Crippen molar-refractivity contribution in [3.63, 3.8) is 0 Å². The molecule has 1 aliphatic heterocycles. The highest BCUT2D eigenvalue weighted by Crippen LogP contribution is 2.29. The van der Waals surface area contributed by atoms with Gasteiger partial charge in [-0.3, -0.25) is 9.69 Å². The van der Waals surface area contributed by atoms with Crippen LogP contribution in [-0.4, -0.2) is 18.4 Å². The van der Waals surface area contributed by atoms with E-state index in [1.165, 1.54) is 0 Å². The summed E-state index contributed by atoms with van der Waals surface area (Å²) in [5.41, 5.74) is 2.53. The van der Waals surface area contributed by atoms with Crippen molar-refractivity contribution in [1.29, 1.82) is 0 Å². The van der Waals surface area contributed by atoms with Gasteiger partial charge < -0.3 is 4.74 Å². The molecule has 2 aromatic rings. The SMILES string of the molecule is CC(=O)c1ccc2c(c1)CCCN2C(=O)Oc1ccccc1. The van der Waals surface area contributed by atoms with Crippen LogP contribution < -0.4 is 9.64 Å². The molecule has 0 saturated carbocycles. The molecule has 1 amide bonds. The highest BCUT2D eigenvalue weighted by atomic mass is 16.6. The monoisotopic (exact) mass is 295 g/mol. The van der Waals surface area contributed by atoms with Gasteiger partial charge in [0.2, 0.25) is 0 Å². The Hall–Kier alpha value is -2.62. The fraction of sp³-hybridized carbons (Fsp3) is 0.222. The molecule has 1 aliphatic rings. The minimum absolute atomic E-state index is 0.0341. The highest BCUT2D eigenvalue weighted by Gasteiger charge is 2.24. The molecule has 2 aromatic carbocycles. The Balaban J connectivity index is 1.85. The largest absolute Gasteiger partial charge is 0.419 e. The number of fused-ring (bicyclic) bond motifs is 1. The Morgan fingerprint density at radius 1 is 1.09 bits per heavy atom. The average molecular weight is 295 g/mol. The molecule has 0 fully saturated rings. The lowest BCUT2D eigenvalue weighted by atomic mass is 9.98. The van der Waals surface area contributed by atoms with E-state index in [-0.39, 0.29) is 11.9 Å². The molecular formula is C18H17NO3. The molecule has 0 radical (unpaired) electrons. The van der Waals surface area contributed by atoms with E-state index in [0.29, 0.717) is 17.9 Å². The normalized spacial score (nSPS) is 13.4. The third-order valence-electron chi connectivity index (χ3n) is 3.77. The third kappa shape index (κ3) is 2.86. The molecule has 1 heterocycles. The second-order valence-electron chi connectivity index (χ2n) is 5.34. The van der Waals surface area contributed by atoms with Crippen LogP contribution in [0.15, 0.2) is 48.5 Å². The van der Waals surface area contributed by atoms with E-state index in [1.54, 1.807) is 30.0 Å². The van der Waals surface area contributed by atoms with Crippen molar-refractivity contribution in [2.45, 2.75) is 19.8 Å². The topological polar surface area (TPSA) is 46.6 Å². The van der Waals surface area contributed by atoms with Crippen molar-refractivity contribution in [3.8, 4) is 5.75 Å². The maximum Gasteiger partial charge on any atom is 0.419 e. The van der Waals surface area contributed by atoms with Crippen molar-refractivity contribution in [3.05, 3.63) is 59.7 Å². The number of hydrogen-bond donors (Lipinski definition) is 0. The standard InChI is InChI=1S/C18H17NO3/c1-13(20)14-9-10-17-15(12-14)6-5-11-19(17)18(21)22-16-7-3-2-4-8-16/h2-4,7-10,12H,5-6,11H2,1H3. The minimum atomic E-state index is -0.386. The van der Waals surface area contributed by atoms with Crippen LogP contribution in [0.5, 0.6) is 5.75 Å². The molecule has 0 N–H and O–H groups in total. The summed E-state index contributed by atoms with van der Waals surface area (Å²) in [6.07, 6.45) is 1.34. The number of rotatable bonds is 2. The zero-order valence-electron chi connectivity index (χ0n) is 12.4. The molecule has 0 atom stereocenters.